The highest BCUT2D eigenvalue weighted by Crippen LogP contribution is 2.32. The molecule has 30 heavy (non-hydrogen) atoms. The van der Waals surface area contributed by atoms with Crippen molar-refractivity contribution < 1.29 is 14.3 Å². The van der Waals surface area contributed by atoms with Gasteiger partial charge < -0.3 is 15.4 Å². The van der Waals surface area contributed by atoms with Crippen molar-refractivity contribution in [1.29, 1.82) is 0 Å². The number of aromatic nitrogens is 2. The quantitative estimate of drug-likeness (QED) is 0.494. The Kier molecular flexibility index (Phi) is 5.24. The molecule has 0 atom stereocenters. The number of fused-ring (bicyclic) bond motifs is 1. The second kappa shape index (κ2) is 8.00. The number of carbonyl (C=O) groups excluding carboxylic acids is 2. The summed E-state index contributed by atoms with van der Waals surface area (Å²) in [5.74, 6) is 0.0464. The Labute approximate surface area is 177 Å². The van der Waals surface area contributed by atoms with Crippen LogP contribution in [0.25, 0.3) is 15.9 Å². The van der Waals surface area contributed by atoms with E-state index in [2.05, 4.69) is 15.7 Å². The molecule has 2 N–H and O–H groups in total. The molecular weight excluding hydrogens is 400 g/mol. The van der Waals surface area contributed by atoms with Crippen LogP contribution in [0.4, 0.5) is 11.4 Å². The topological polar surface area (TPSA) is 85.2 Å². The zero-order valence-electron chi connectivity index (χ0n) is 16.7. The summed E-state index contributed by atoms with van der Waals surface area (Å²) in [6.07, 6.45) is 0. The number of amides is 2. The molecule has 0 unspecified atom stereocenters. The second-order valence-corrected chi connectivity index (χ2v) is 7.74. The molecular formula is C22H20N4O3S. The number of aryl methyl sites for hydroxylation is 1. The van der Waals surface area contributed by atoms with Gasteiger partial charge in [-0.25, -0.2) is 4.68 Å². The van der Waals surface area contributed by atoms with Crippen LogP contribution in [-0.4, -0.2) is 28.7 Å². The number of rotatable bonds is 5. The third kappa shape index (κ3) is 3.77. The van der Waals surface area contributed by atoms with Gasteiger partial charge in [0.15, 0.2) is 0 Å². The predicted octanol–water partition coefficient (Wildman–Crippen LogP) is 4.61. The smallest absolute Gasteiger partial charge is 0.265 e. The molecule has 8 heteroatoms. The Morgan fingerprint density at radius 2 is 1.83 bits per heavy atom. The molecule has 2 amide bonds. The normalized spacial score (nSPS) is 10.8. The maximum atomic E-state index is 12.9. The van der Waals surface area contributed by atoms with Crippen molar-refractivity contribution in [3.63, 3.8) is 0 Å². The third-order valence-electron chi connectivity index (χ3n) is 4.54. The Bertz CT molecular complexity index is 1240. The van der Waals surface area contributed by atoms with Crippen LogP contribution in [0.2, 0.25) is 0 Å². The second-order valence-electron chi connectivity index (χ2n) is 6.71. The van der Waals surface area contributed by atoms with Gasteiger partial charge in [0, 0.05) is 24.1 Å². The van der Waals surface area contributed by atoms with Gasteiger partial charge in [-0.05, 0) is 37.3 Å². The lowest BCUT2D eigenvalue weighted by molar-refractivity contribution is -0.114. The number of benzene rings is 2. The molecule has 4 rings (SSSR count). The number of para-hydroxylation sites is 1. The first-order chi connectivity index (χ1) is 14.5. The molecule has 4 aromatic rings. The maximum Gasteiger partial charge on any atom is 0.265 e. The summed E-state index contributed by atoms with van der Waals surface area (Å²) >= 11 is 1.38. The van der Waals surface area contributed by atoms with Crippen LogP contribution in [0.15, 0.2) is 54.6 Å². The minimum absolute atomic E-state index is 0.179. The fourth-order valence-electron chi connectivity index (χ4n) is 3.16. The van der Waals surface area contributed by atoms with Crippen molar-refractivity contribution in [3.05, 3.63) is 65.2 Å². The van der Waals surface area contributed by atoms with E-state index in [9.17, 15) is 9.59 Å². The number of ether oxygens (including phenoxy) is 1. The van der Waals surface area contributed by atoms with E-state index in [1.807, 2.05) is 48.0 Å². The van der Waals surface area contributed by atoms with Crippen LogP contribution in [0.3, 0.4) is 0 Å². The summed E-state index contributed by atoms with van der Waals surface area (Å²) in [7, 11) is 1.51. The maximum absolute atomic E-state index is 12.9. The zero-order chi connectivity index (χ0) is 21.3. The van der Waals surface area contributed by atoms with Crippen LogP contribution in [-0.2, 0) is 4.79 Å². The van der Waals surface area contributed by atoms with Crippen molar-refractivity contribution in [2.75, 3.05) is 17.7 Å². The van der Waals surface area contributed by atoms with E-state index in [1.54, 1.807) is 18.2 Å². The van der Waals surface area contributed by atoms with E-state index in [1.165, 1.54) is 25.4 Å². The lowest BCUT2D eigenvalue weighted by Crippen LogP contribution is -2.12. The largest absolute Gasteiger partial charge is 0.494 e. The molecule has 0 aliphatic carbocycles. The van der Waals surface area contributed by atoms with Crippen molar-refractivity contribution in [1.82, 2.24) is 9.78 Å². The van der Waals surface area contributed by atoms with E-state index < -0.39 is 0 Å². The lowest BCUT2D eigenvalue weighted by atomic mass is 10.2. The van der Waals surface area contributed by atoms with Gasteiger partial charge in [-0.3, -0.25) is 9.59 Å². The zero-order valence-corrected chi connectivity index (χ0v) is 17.5. The molecule has 0 saturated heterocycles. The number of methoxy groups -OCH3 is 1. The van der Waals surface area contributed by atoms with Gasteiger partial charge in [0.25, 0.3) is 5.91 Å². The number of thiophene rings is 1. The molecule has 0 saturated carbocycles. The minimum Gasteiger partial charge on any atom is -0.494 e. The third-order valence-corrected chi connectivity index (χ3v) is 5.65. The van der Waals surface area contributed by atoms with Crippen molar-refractivity contribution in [3.8, 4) is 11.4 Å². The highest BCUT2D eigenvalue weighted by molar-refractivity contribution is 7.20. The Morgan fingerprint density at radius 3 is 2.53 bits per heavy atom. The molecule has 0 aliphatic rings. The van der Waals surface area contributed by atoms with Crippen LogP contribution < -0.4 is 15.4 Å². The van der Waals surface area contributed by atoms with Gasteiger partial charge in [0.05, 0.1) is 29.1 Å². The van der Waals surface area contributed by atoms with E-state index in [0.717, 1.165) is 21.6 Å². The van der Waals surface area contributed by atoms with Crippen LogP contribution in [0.5, 0.6) is 5.75 Å². The standard InChI is InChI=1S/C22H20N4O3S/c1-13-17-12-20(30-22(17)26(25-13)16-7-5-4-6-8-16)21(28)24-18-10-9-15(23-14(2)27)11-19(18)29-3/h4-12H,1-3H3,(H,23,27)(H,24,28). The fourth-order valence-corrected chi connectivity index (χ4v) is 4.24. The summed E-state index contributed by atoms with van der Waals surface area (Å²) in [6, 6.07) is 16.8. The SMILES string of the molecule is COc1cc(NC(C)=O)ccc1NC(=O)c1cc2c(C)nn(-c3ccccc3)c2s1. The van der Waals surface area contributed by atoms with Gasteiger partial charge >= 0.3 is 0 Å². The first kappa shape index (κ1) is 19.7. The number of nitrogens with one attached hydrogen (secondary N) is 2. The van der Waals surface area contributed by atoms with E-state index in [-0.39, 0.29) is 11.8 Å². The van der Waals surface area contributed by atoms with Gasteiger partial charge in [-0.2, -0.15) is 5.10 Å². The molecule has 2 aromatic carbocycles. The van der Waals surface area contributed by atoms with Crippen LogP contribution >= 0.6 is 11.3 Å². The van der Waals surface area contributed by atoms with Crippen LogP contribution in [0.1, 0.15) is 22.3 Å². The monoisotopic (exact) mass is 420 g/mol. The average Bonchev–Trinajstić information content (AvgIpc) is 3.30. The van der Waals surface area contributed by atoms with Crippen LogP contribution in [0, 0.1) is 6.92 Å². The summed E-state index contributed by atoms with van der Waals surface area (Å²) < 4.78 is 7.22. The minimum atomic E-state index is -0.235. The molecule has 0 bridgehead atoms. The number of carbonyl (C=O) groups is 2. The molecule has 0 fully saturated rings. The average molecular weight is 420 g/mol. The fraction of sp³-hybridized carbons (Fsp3) is 0.136. The van der Waals surface area contributed by atoms with Crippen molar-refractivity contribution in [2.45, 2.75) is 13.8 Å². The summed E-state index contributed by atoms with van der Waals surface area (Å²) in [5.41, 5.74) is 2.93. The summed E-state index contributed by atoms with van der Waals surface area (Å²) in [4.78, 5) is 25.7. The molecule has 0 radical (unpaired) electrons. The van der Waals surface area contributed by atoms with Gasteiger partial charge in [0.1, 0.15) is 10.6 Å². The molecule has 2 heterocycles. The summed E-state index contributed by atoms with van der Waals surface area (Å²) in [5, 5.41) is 11.1. The van der Waals surface area contributed by atoms with Crippen molar-refractivity contribution in [2.24, 2.45) is 0 Å². The molecule has 2 aromatic heterocycles. The van der Waals surface area contributed by atoms with Gasteiger partial charge in [0.2, 0.25) is 5.91 Å². The van der Waals surface area contributed by atoms with E-state index in [4.69, 9.17) is 4.74 Å². The number of hydrogen-bond donors (Lipinski definition) is 2. The Hall–Kier alpha value is -3.65. The molecule has 7 nitrogen and oxygen atoms in total. The molecule has 152 valence electrons. The van der Waals surface area contributed by atoms with Gasteiger partial charge in [-0.15, -0.1) is 11.3 Å². The summed E-state index contributed by atoms with van der Waals surface area (Å²) in [6.45, 7) is 3.36. The Balaban J connectivity index is 1.64. The highest BCUT2D eigenvalue weighted by Gasteiger charge is 2.18. The Morgan fingerprint density at radius 1 is 1.07 bits per heavy atom. The van der Waals surface area contributed by atoms with Gasteiger partial charge in [-0.1, -0.05) is 18.2 Å². The molecule has 0 spiro atoms. The highest BCUT2D eigenvalue weighted by atomic mass is 32.1. The lowest BCUT2D eigenvalue weighted by Gasteiger charge is -2.11. The number of anilines is 2. The first-order valence-electron chi connectivity index (χ1n) is 9.28. The van der Waals surface area contributed by atoms with Crippen molar-refractivity contribution >= 4 is 44.7 Å². The van der Waals surface area contributed by atoms with E-state index >= 15 is 0 Å². The predicted molar refractivity (Wildman–Crippen MR) is 119 cm³/mol. The number of hydrogen-bond acceptors (Lipinski definition) is 5. The van der Waals surface area contributed by atoms with E-state index in [0.29, 0.717) is 22.0 Å². The molecule has 0 aliphatic heterocycles. The first-order valence-corrected chi connectivity index (χ1v) is 10.1. The number of nitrogens with zero attached hydrogens (tertiary/aromatic N) is 2.